The first-order valence-electron chi connectivity index (χ1n) is 7.60. The predicted octanol–water partition coefficient (Wildman–Crippen LogP) is 1.61. The SMILES string of the molecule is CC(=O)C(NC(=O)CN1CC(C(C)(C)C)CC1=O)C(C)C. The highest BCUT2D eigenvalue weighted by atomic mass is 16.2. The first kappa shape index (κ1) is 17.7. The molecule has 1 aliphatic heterocycles. The fraction of sp³-hybridized carbons (Fsp3) is 0.812. The number of carbonyl (C=O) groups is 3. The van der Waals surface area contributed by atoms with Gasteiger partial charge in [-0.25, -0.2) is 0 Å². The first-order valence-corrected chi connectivity index (χ1v) is 7.60. The lowest BCUT2D eigenvalue weighted by atomic mass is 9.80. The van der Waals surface area contributed by atoms with Crippen LogP contribution in [0.4, 0.5) is 0 Å². The van der Waals surface area contributed by atoms with Crippen molar-refractivity contribution in [1.29, 1.82) is 0 Å². The summed E-state index contributed by atoms with van der Waals surface area (Å²) in [5.41, 5.74) is 0.0563. The van der Waals surface area contributed by atoms with E-state index in [9.17, 15) is 14.4 Å². The van der Waals surface area contributed by atoms with Crippen LogP contribution in [0.25, 0.3) is 0 Å². The summed E-state index contributed by atoms with van der Waals surface area (Å²) in [6.07, 6.45) is 0.497. The average Bonchev–Trinajstić information content (AvgIpc) is 2.67. The molecule has 0 spiro atoms. The van der Waals surface area contributed by atoms with Crippen LogP contribution in [0.15, 0.2) is 0 Å². The van der Waals surface area contributed by atoms with Crippen molar-refractivity contribution < 1.29 is 14.4 Å². The second kappa shape index (κ2) is 6.58. The zero-order chi connectivity index (χ0) is 16.4. The van der Waals surface area contributed by atoms with Crippen molar-refractivity contribution in [3.05, 3.63) is 0 Å². The molecular formula is C16H28N2O3. The standard InChI is InChI=1S/C16H28N2O3/c1-10(2)15(11(3)19)17-13(20)9-18-8-12(7-14(18)21)16(4,5)6/h10,12,15H,7-9H2,1-6H3,(H,17,20). The van der Waals surface area contributed by atoms with Gasteiger partial charge in [0.25, 0.3) is 0 Å². The maximum absolute atomic E-state index is 12.1. The molecule has 0 radical (unpaired) electrons. The Morgan fingerprint density at radius 3 is 2.29 bits per heavy atom. The predicted molar refractivity (Wildman–Crippen MR) is 81.6 cm³/mol. The fourth-order valence-electron chi connectivity index (χ4n) is 2.64. The maximum Gasteiger partial charge on any atom is 0.240 e. The molecule has 1 rings (SSSR count). The van der Waals surface area contributed by atoms with Crippen molar-refractivity contribution in [2.75, 3.05) is 13.1 Å². The summed E-state index contributed by atoms with van der Waals surface area (Å²) in [6, 6.07) is -0.478. The number of hydrogen-bond donors (Lipinski definition) is 1. The van der Waals surface area contributed by atoms with E-state index in [4.69, 9.17) is 0 Å². The second-order valence-electron chi connectivity index (χ2n) is 7.44. The zero-order valence-corrected chi connectivity index (χ0v) is 14.0. The summed E-state index contributed by atoms with van der Waals surface area (Å²) in [5, 5.41) is 2.73. The van der Waals surface area contributed by atoms with Crippen molar-refractivity contribution >= 4 is 17.6 Å². The van der Waals surface area contributed by atoms with Gasteiger partial charge in [0.1, 0.15) is 0 Å². The molecule has 2 atom stereocenters. The van der Waals surface area contributed by atoms with Crippen molar-refractivity contribution in [3.8, 4) is 0 Å². The van der Waals surface area contributed by atoms with Crippen LogP contribution in [0.5, 0.6) is 0 Å². The van der Waals surface area contributed by atoms with E-state index in [1.54, 1.807) is 4.90 Å². The molecular weight excluding hydrogens is 268 g/mol. The van der Waals surface area contributed by atoms with E-state index in [0.29, 0.717) is 13.0 Å². The van der Waals surface area contributed by atoms with Crippen LogP contribution in [0.1, 0.15) is 48.0 Å². The summed E-state index contributed by atoms with van der Waals surface area (Å²) in [4.78, 5) is 37.2. The average molecular weight is 296 g/mol. The van der Waals surface area contributed by atoms with Crippen LogP contribution in [-0.2, 0) is 14.4 Å². The number of hydrogen-bond acceptors (Lipinski definition) is 3. The van der Waals surface area contributed by atoms with Crippen LogP contribution in [-0.4, -0.2) is 41.6 Å². The minimum absolute atomic E-state index is 0.0222. The Balaban J connectivity index is 2.59. The summed E-state index contributed by atoms with van der Waals surface area (Å²) >= 11 is 0. The second-order valence-corrected chi connectivity index (χ2v) is 7.44. The molecule has 1 aliphatic rings. The molecule has 1 heterocycles. The van der Waals surface area contributed by atoms with Gasteiger partial charge in [-0.3, -0.25) is 14.4 Å². The van der Waals surface area contributed by atoms with Gasteiger partial charge < -0.3 is 10.2 Å². The van der Waals surface area contributed by atoms with Gasteiger partial charge in [0.15, 0.2) is 5.78 Å². The zero-order valence-electron chi connectivity index (χ0n) is 14.0. The molecule has 0 saturated carbocycles. The van der Waals surface area contributed by atoms with Gasteiger partial charge in [-0.1, -0.05) is 34.6 Å². The van der Waals surface area contributed by atoms with Crippen LogP contribution >= 0.6 is 0 Å². The van der Waals surface area contributed by atoms with E-state index in [1.165, 1.54) is 6.92 Å². The number of rotatable bonds is 5. The first-order chi connectivity index (χ1) is 9.52. The van der Waals surface area contributed by atoms with Crippen molar-refractivity contribution in [1.82, 2.24) is 10.2 Å². The molecule has 2 unspecified atom stereocenters. The quantitative estimate of drug-likeness (QED) is 0.838. The van der Waals surface area contributed by atoms with Gasteiger partial charge in [-0.2, -0.15) is 0 Å². The summed E-state index contributed by atoms with van der Waals surface area (Å²) < 4.78 is 0. The Hall–Kier alpha value is -1.39. The molecule has 0 aromatic rings. The van der Waals surface area contributed by atoms with Gasteiger partial charge in [-0.05, 0) is 24.2 Å². The molecule has 5 heteroatoms. The lowest BCUT2D eigenvalue weighted by molar-refractivity contribution is -0.134. The van der Waals surface area contributed by atoms with E-state index >= 15 is 0 Å². The maximum atomic E-state index is 12.1. The molecule has 0 aliphatic carbocycles. The topological polar surface area (TPSA) is 66.5 Å². The smallest absolute Gasteiger partial charge is 0.240 e. The lowest BCUT2D eigenvalue weighted by Crippen LogP contribution is -2.47. The van der Waals surface area contributed by atoms with Gasteiger partial charge in [0.2, 0.25) is 11.8 Å². The normalized spacial score (nSPS) is 20.8. The van der Waals surface area contributed by atoms with Crippen LogP contribution < -0.4 is 5.32 Å². The van der Waals surface area contributed by atoms with Crippen molar-refractivity contribution in [2.24, 2.45) is 17.3 Å². The van der Waals surface area contributed by atoms with Gasteiger partial charge in [0, 0.05) is 13.0 Å². The molecule has 0 aromatic heterocycles. The number of amides is 2. The highest BCUT2D eigenvalue weighted by molar-refractivity contribution is 5.90. The number of carbonyl (C=O) groups excluding carboxylic acids is 3. The molecule has 120 valence electrons. The van der Waals surface area contributed by atoms with E-state index in [0.717, 1.165) is 0 Å². The molecule has 1 fully saturated rings. The van der Waals surface area contributed by atoms with Crippen molar-refractivity contribution in [3.63, 3.8) is 0 Å². The third-order valence-electron chi connectivity index (χ3n) is 4.19. The van der Waals surface area contributed by atoms with Gasteiger partial charge in [-0.15, -0.1) is 0 Å². The molecule has 5 nitrogen and oxygen atoms in total. The van der Waals surface area contributed by atoms with Crippen molar-refractivity contribution in [2.45, 2.75) is 54.0 Å². The van der Waals surface area contributed by atoms with Crippen LogP contribution in [0.3, 0.4) is 0 Å². The van der Waals surface area contributed by atoms with Gasteiger partial charge >= 0.3 is 0 Å². The summed E-state index contributed by atoms with van der Waals surface area (Å²) in [5.74, 6) is 0.0222. The minimum atomic E-state index is -0.478. The van der Waals surface area contributed by atoms with Gasteiger partial charge in [0.05, 0.1) is 12.6 Å². The lowest BCUT2D eigenvalue weighted by Gasteiger charge is -2.26. The Kier molecular flexibility index (Phi) is 5.54. The minimum Gasteiger partial charge on any atom is -0.345 e. The highest BCUT2D eigenvalue weighted by Gasteiger charge is 2.37. The van der Waals surface area contributed by atoms with Crippen LogP contribution in [0, 0.1) is 17.3 Å². The number of nitrogens with zero attached hydrogens (tertiary/aromatic N) is 1. The van der Waals surface area contributed by atoms with E-state index in [1.807, 2.05) is 13.8 Å². The van der Waals surface area contributed by atoms with E-state index in [-0.39, 0.29) is 41.4 Å². The number of ketones is 1. The van der Waals surface area contributed by atoms with Crippen LogP contribution in [0.2, 0.25) is 0 Å². The third-order valence-corrected chi connectivity index (χ3v) is 4.19. The summed E-state index contributed by atoms with van der Waals surface area (Å²) in [7, 11) is 0. The van der Waals surface area contributed by atoms with E-state index in [2.05, 4.69) is 26.1 Å². The molecule has 0 aromatic carbocycles. The molecule has 21 heavy (non-hydrogen) atoms. The van der Waals surface area contributed by atoms with E-state index < -0.39 is 6.04 Å². The number of likely N-dealkylation sites (tertiary alicyclic amines) is 1. The summed E-state index contributed by atoms with van der Waals surface area (Å²) in [6.45, 7) is 12.2. The Labute approximate surface area is 127 Å². The highest BCUT2D eigenvalue weighted by Crippen LogP contribution is 2.33. The Morgan fingerprint density at radius 2 is 1.90 bits per heavy atom. The molecule has 1 N–H and O–H groups in total. The number of Topliss-reactive ketones (excluding diaryl/α,β-unsaturated/α-hetero) is 1. The molecule has 1 saturated heterocycles. The molecule has 0 bridgehead atoms. The monoisotopic (exact) mass is 296 g/mol. The fourth-order valence-corrected chi connectivity index (χ4v) is 2.64. The Morgan fingerprint density at radius 1 is 1.33 bits per heavy atom. The Bertz CT molecular complexity index is 424. The third kappa shape index (κ3) is 4.83. The number of nitrogens with one attached hydrogen (secondary N) is 1. The molecule has 2 amide bonds. The largest absolute Gasteiger partial charge is 0.345 e.